The van der Waals surface area contributed by atoms with E-state index in [2.05, 4.69) is 10.3 Å². The highest BCUT2D eigenvalue weighted by Crippen LogP contribution is 2.12. The smallest absolute Gasteiger partial charge is 0.230 e. The summed E-state index contributed by atoms with van der Waals surface area (Å²) in [4.78, 5) is 16.5. The van der Waals surface area contributed by atoms with E-state index in [4.69, 9.17) is 0 Å². The van der Waals surface area contributed by atoms with Crippen LogP contribution in [0.2, 0.25) is 0 Å². The third-order valence-corrected chi connectivity index (χ3v) is 3.06. The van der Waals surface area contributed by atoms with Gasteiger partial charge in [-0.05, 0) is 24.3 Å². The molecule has 3 rings (SSSR count). The third-order valence-electron chi connectivity index (χ3n) is 3.06. The summed E-state index contributed by atoms with van der Waals surface area (Å²) in [5.74, 6) is -0.0565. The molecule has 3 nitrogen and oxygen atoms in total. The molecule has 0 bridgehead atoms. The zero-order chi connectivity index (χ0) is 13.8. The van der Waals surface area contributed by atoms with Gasteiger partial charge in [0.2, 0.25) is 5.91 Å². The Morgan fingerprint density at radius 3 is 2.50 bits per heavy atom. The Kier molecular flexibility index (Phi) is 3.42. The summed E-state index contributed by atoms with van der Waals surface area (Å²) < 4.78 is 0. The molecule has 0 radical (unpaired) electrons. The van der Waals surface area contributed by atoms with Crippen molar-refractivity contribution in [3.8, 4) is 0 Å². The number of carbonyl (C=O) groups is 1. The molecule has 1 aromatic heterocycles. The minimum absolute atomic E-state index is 0.0565. The molecule has 3 heteroatoms. The number of fused-ring (bicyclic) bond motifs is 1. The lowest BCUT2D eigenvalue weighted by molar-refractivity contribution is -0.115. The number of nitrogens with one attached hydrogen (secondary N) is 1. The largest absolute Gasteiger partial charge is 0.326 e. The highest BCUT2D eigenvalue weighted by molar-refractivity contribution is 5.92. The number of hydrogen-bond donors (Lipinski definition) is 1. The van der Waals surface area contributed by atoms with Crippen LogP contribution in [0, 0.1) is 0 Å². The van der Waals surface area contributed by atoms with Gasteiger partial charge in [-0.15, -0.1) is 0 Å². The summed E-state index contributed by atoms with van der Waals surface area (Å²) in [5.41, 5.74) is 2.49. The molecule has 0 aliphatic rings. The molecular weight excluding hydrogens is 248 g/mol. The first-order chi connectivity index (χ1) is 9.81. The summed E-state index contributed by atoms with van der Waals surface area (Å²) in [7, 11) is 0. The van der Waals surface area contributed by atoms with E-state index >= 15 is 0 Å². The van der Waals surface area contributed by atoms with Crippen LogP contribution >= 0.6 is 0 Å². The fourth-order valence-corrected chi connectivity index (χ4v) is 2.10. The lowest BCUT2D eigenvalue weighted by Crippen LogP contribution is -2.15. The molecule has 1 heterocycles. The Labute approximate surface area is 117 Å². The lowest BCUT2D eigenvalue weighted by Gasteiger charge is -2.05. The molecule has 20 heavy (non-hydrogen) atoms. The Hall–Kier alpha value is -2.68. The van der Waals surface area contributed by atoms with Gasteiger partial charge in [-0.3, -0.25) is 9.78 Å². The Balaban J connectivity index is 1.74. The number of amides is 1. The van der Waals surface area contributed by atoms with E-state index in [1.807, 2.05) is 66.7 Å². The highest BCUT2D eigenvalue weighted by atomic mass is 16.1. The maximum atomic E-state index is 12.0. The number of benzene rings is 2. The van der Waals surface area contributed by atoms with Crippen LogP contribution in [-0.2, 0) is 11.2 Å². The first kappa shape index (κ1) is 12.4. The SMILES string of the molecule is O=C(Cc1ccc2ccccc2n1)Nc1ccccc1. The second-order valence-corrected chi connectivity index (χ2v) is 4.59. The molecule has 0 atom stereocenters. The van der Waals surface area contributed by atoms with Crippen LogP contribution in [0.5, 0.6) is 0 Å². The molecule has 3 aromatic rings. The molecule has 1 amide bonds. The van der Waals surface area contributed by atoms with E-state index in [1.54, 1.807) is 0 Å². The number of nitrogens with zero attached hydrogens (tertiary/aromatic N) is 1. The van der Waals surface area contributed by atoms with E-state index in [1.165, 1.54) is 0 Å². The molecule has 1 N–H and O–H groups in total. The fraction of sp³-hybridized carbons (Fsp3) is 0.0588. The standard InChI is InChI=1S/C17H14N2O/c20-17(19-14-7-2-1-3-8-14)12-15-11-10-13-6-4-5-9-16(13)18-15/h1-11H,12H2,(H,19,20). The van der Waals surface area contributed by atoms with Crippen molar-refractivity contribution in [3.63, 3.8) is 0 Å². The minimum Gasteiger partial charge on any atom is -0.326 e. The van der Waals surface area contributed by atoms with Gasteiger partial charge in [0.15, 0.2) is 0 Å². The van der Waals surface area contributed by atoms with Crippen LogP contribution < -0.4 is 5.32 Å². The molecule has 0 aliphatic heterocycles. The summed E-state index contributed by atoms with van der Waals surface area (Å²) in [6, 6.07) is 21.2. The van der Waals surface area contributed by atoms with Crippen LogP contribution in [0.25, 0.3) is 10.9 Å². The Morgan fingerprint density at radius 1 is 0.900 bits per heavy atom. The van der Waals surface area contributed by atoms with Crippen LogP contribution in [0.1, 0.15) is 5.69 Å². The first-order valence-corrected chi connectivity index (χ1v) is 6.51. The predicted molar refractivity (Wildman–Crippen MR) is 80.5 cm³/mol. The van der Waals surface area contributed by atoms with Crippen molar-refractivity contribution in [2.24, 2.45) is 0 Å². The van der Waals surface area contributed by atoms with Crippen molar-refractivity contribution in [1.29, 1.82) is 0 Å². The van der Waals surface area contributed by atoms with Gasteiger partial charge in [0.25, 0.3) is 0 Å². The van der Waals surface area contributed by atoms with E-state index in [9.17, 15) is 4.79 Å². The van der Waals surface area contributed by atoms with Crippen molar-refractivity contribution in [3.05, 3.63) is 72.4 Å². The molecule has 0 unspecified atom stereocenters. The van der Waals surface area contributed by atoms with Gasteiger partial charge in [0.05, 0.1) is 17.6 Å². The van der Waals surface area contributed by atoms with Crippen molar-refractivity contribution >= 4 is 22.5 Å². The summed E-state index contributed by atoms with van der Waals surface area (Å²) in [5, 5.41) is 3.94. The van der Waals surface area contributed by atoms with Gasteiger partial charge in [-0.25, -0.2) is 0 Å². The number of carbonyl (C=O) groups excluding carboxylic acids is 1. The molecule has 0 saturated carbocycles. The average molecular weight is 262 g/mol. The summed E-state index contributed by atoms with van der Waals surface area (Å²) >= 11 is 0. The Bertz CT molecular complexity index is 738. The van der Waals surface area contributed by atoms with Crippen LogP contribution in [-0.4, -0.2) is 10.9 Å². The summed E-state index contributed by atoms with van der Waals surface area (Å²) in [6.45, 7) is 0. The molecular formula is C17H14N2O. The van der Waals surface area contributed by atoms with Crippen LogP contribution in [0.3, 0.4) is 0 Å². The molecule has 0 fully saturated rings. The predicted octanol–water partition coefficient (Wildman–Crippen LogP) is 3.42. The van der Waals surface area contributed by atoms with Crippen molar-refractivity contribution in [1.82, 2.24) is 4.98 Å². The second-order valence-electron chi connectivity index (χ2n) is 4.59. The monoisotopic (exact) mass is 262 g/mol. The number of rotatable bonds is 3. The number of anilines is 1. The van der Waals surface area contributed by atoms with Crippen LogP contribution in [0.4, 0.5) is 5.69 Å². The zero-order valence-electron chi connectivity index (χ0n) is 10.9. The molecule has 0 saturated heterocycles. The van der Waals surface area contributed by atoms with E-state index in [0.717, 1.165) is 22.3 Å². The van der Waals surface area contributed by atoms with Gasteiger partial charge in [0.1, 0.15) is 0 Å². The van der Waals surface area contributed by atoms with E-state index in [-0.39, 0.29) is 12.3 Å². The van der Waals surface area contributed by atoms with Gasteiger partial charge in [-0.1, -0.05) is 42.5 Å². The zero-order valence-corrected chi connectivity index (χ0v) is 10.9. The fourth-order valence-electron chi connectivity index (χ4n) is 2.10. The second kappa shape index (κ2) is 5.53. The normalized spacial score (nSPS) is 10.4. The maximum absolute atomic E-state index is 12.0. The van der Waals surface area contributed by atoms with Gasteiger partial charge >= 0.3 is 0 Å². The third kappa shape index (κ3) is 2.83. The summed E-state index contributed by atoms with van der Waals surface area (Å²) in [6.07, 6.45) is 0.278. The quantitative estimate of drug-likeness (QED) is 0.786. The molecule has 98 valence electrons. The molecule has 2 aromatic carbocycles. The Morgan fingerprint density at radius 2 is 1.65 bits per heavy atom. The number of pyridine rings is 1. The lowest BCUT2D eigenvalue weighted by atomic mass is 10.2. The van der Waals surface area contributed by atoms with Crippen molar-refractivity contribution in [2.75, 3.05) is 5.32 Å². The minimum atomic E-state index is -0.0565. The molecule has 0 spiro atoms. The van der Waals surface area contributed by atoms with Gasteiger partial charge in [0, 0.05) is 11.1 Å². The van der Waals surface area contributed by atoms with Crippen molar-refractivity contribution in [2.45, 2.75) is 6.42 Å². The van der Waals surface area contributed by atoms with Gasteiger partial charge < -0.3 is 5.32 Å². The maximum Gasteiger partial charge on any atom is 0.230 e. The highest BCUT2D eigenvalue weighted by Gasteiger charge is 2.05. The number of para-hydroxylation sites is 2. The van der Waals surface area contributed by atoms with Crippen molar-refractivity contribution < 1.29 is 4.79 Å². The van der Waals surface area contributed by atoms with E-state index < -0.39 is 0 Å². The number of hydrogen-bond acceptors (Lipinski definition) is 2. The van der Waals surface area contributed by atoms with Crippen LogP contribution in [0.15, 0.2) is 66.7 Å². The average Bonchev–Trinajstić information content (AvgIpc) is 2.48. The topological polar surface area (TPSA) is 42.0 Å². The number of aromatic nitrogens is 1. The first-order valence-electron chi connectivity index (χ1n) is 6.51. The van der Waals surface area contributed by atoms with E-state index in [0.29, 0.717) is 0 Å². The molecule has 0 aliphatic carbocycles. The van der Waals surface area contributed by atoms with Gasteiger partial charge in [-0.2, -0.15) is 0 Å².